The molecule has 1 heterocycles. The molecule has 0 aliphatic heterocycles. The molecule has 0 spiro atoms. The summed E-state index contributed by atoms with van der Waals surface area (Å²) in [5, 5.41) is 9.87. The highest BCUT2D eigenvalue weighted by atomic mass is 16.5. The van der Waals surface area contributed by atoms with Crippen LogP contribution in [0.2, 0.25) is 0 Å². The van der Waals surface area contributed by atoms with E-state index in [1.54, 1.807) is 19.2 Å². The molecule has 1 aromatic heterocycles. The smallest absolute Gasteiger partial charge is 0.289 e. The monoisotopic (exact) mass is 463 g/mol. The van der Waals surface area contributed by atoms with Crippen molar-refractivity contribution < 1.29 is 18.8 Å². The second-order valence-electron chi connectivity index (χ2n) is 10.1. The average molecular weight is 464 g/mol. The molecule has 0 radical (unpaired) electrons. The fourth-order valence-corrected chi connectivity index (χ4v) is 3.27. The van der Waals surface area contributed by atoms with Crippen molar-refractivity contribution in [3.05, 3.63) is 71.0 Å². The van der Waals surface area contributed by atoms with Gasteiger partial charge in [-0.2, -0.15) is 0 Å². The molecule has 0 fully saturated rings. The van der Waals surface area contributed by atoms with E-state index in [2.05, 4.69) is 15.8 Å². The van der Waals surface area contributed by atoms with E-state index >= 15 is 0 Å². The summed E-state index contributed by atoms with van der Waals surface area (Å²) in [6, 6.07) is 14.5. The first-order valence-corrected chi connectivity index (χ1v) is 11.2. The van der Waals surface area contributed by atoms with Gasteiger partial charge in [0.25, 0.3) is 11.8 Å². The van der Waals surface area contributed by atoms with Crippen LogP contribution in [0.4, 0.5) is 5.69 Å². The van der Waals surface area contributed by atoms with Crippen LogP contribution in [-0.2, 0) is 10.3 Å². The first-order chi connectivity index (χ1) is 15.9. The third-order valence-electron chi connectivity index (χ3n) is 5.61. The van der Waals surface area contributed by atoms with Gasteiger partial charge in [-0.05, 0) is 61.6 Å². The Labute approximate surface area is 200 Å². The van der Waals surface area contributed by atoms with Crippen LogP contribution in [0.25, 0.3) is 11.3 Å². The normalized spacial score (nSPS) is 11.9. The van der Waals surface area contributed by atoms with Crippen molar-refractivity contribution in [2.24, 2.45) is 5.41 Å². The first-order valence-electron chi connectivity index (χ1n) is 11.2. The Morgan fingerprint density at radius 1 is 1.00 bits per heavy atom. The number of carbonyl (C=O) groups excluding carboxylic acids is 2. The van der Waals surface area contributed by atoms with Gasteiger partial charge in [-0.1, -0.05) is 44.1 Å². The molecule has 2 amide bonds. The first kappa shape index (κ1) is 25.2. The number of nitrogens with zero attached hydrogens (tertiary/aromatic N) is 1. The Balaban J connectivity index is 1.79. The van der Waals surface area contributed by atoms with E-state index in [0.29, 0.717) is 23.5 Å². The highest BCUT2D eigenvalue weighted by Gasteiger charge is 2.21. The number of benzene rings is 2. The van der Waals surface area contributed by atoms with E-state index in [4.69, 9.17) is 9.26 Å². The van der Waals surface area contributed by atoms with Crippen molar-refractivity contribution in [2.75, 3.05) is 19.0 Å². The number of amides is 2. The summed E-state index contributed by atoms with van der Waals surface area (Å²) in [6.45, 7) is 12.5. The number of aryl methyl sites for hydroxylation is 1. The molecule has 2 aromatic carbocycles. The van der Waals surface area contributed by atoms with Crippen LogP contribution in [0.1, 0.15) is 66.7 Å². The average Bonchev–Trinajstić information content (AvgIpc) is 3.28. The topological polar surface area (TPSA) is 93.5 Å². The van der Waals surface area contributed by atoms with Gasteiger partial charge < -0.3 is 19.9 Å². The minimum atomic E-state index is -0.503. The van der Waals surface area contributed by atoms with E-state index in [9.17, 15) is 9.59 Å². The minimum absolute atomic E-state index is 0.0412. The van der Waals surface area contributed by atoms with E-state index in [1.807, 2.05) is 77.9 Å². The summed E-state index contributed by atoms with van der Waals surface area (Å²) in [4.78, 5) is 25.3. The molecule has 0 unspecified atom stereocenters. The molecule has 34 heavy (non-hydrogen) atoms. The SMILES string of the molecule is COC(C)(C)c1cccc(C(=O)Nc2ccc(C)c(-c3cc(C(=O)NCC(C)(C)C)on3)c2)c1. The number of ether oxygens (including phenoxy) is 1. The second kappa shape index (κ2) is 9.81. The number of nitrogens with one attached hydrogen (secondary N) is 2. The van der Waals surface area contributed by atoms with Crippen LogP contribution in [-0.4, -0.2) is 30.6 Å². The van der Waals surface area contributed by atoms with Crippen molar-refractivity contribution in [2.45, 2.75) is 47.1 Å². The van der Waals surface area contributed by atoms with Gasteiger partial charge in [0.05, 0.1) is 5.60 Å². The van der Waals surface area contributed by atoms with Crippen molar-refractivity contribution >= 4 is 17.5 Å². The fourth-order valence-electron chi connectivity index (χ4n) is 3.27. The van der Waals surface area contributed by atoms with Gasteiger partial charge in [0.2, 0.25) is 5.76 Å². The van der Waals surface area contributed by atoms with Gasteiger partial charge in [-0.3, -0.25) is 9.59 Å². The van der Waals surface area contributed by atoms with E-state index in [1.165, 1.54) is 0 Å². The van der Waals surface area contributed by atoms with Crippen LogP contribution in [0.15, 0.2) is 53.1 Å². The van der Waals surface area contributed by atoms with E-state index in [-0.39, 0.29) is 23.0 Å². The molecule has 3 rings (SSSR count). The molecule has 0 saturated carbocycles. The molecule has 0 aliphatic carbocycles. The van der Waals surface area contributed by atoms with E-state index < -0.39 is 5.60 Å². The highest BCUT2D eigenvalue weighted by Crippen LogP contribution is 2.28. The standard InChI is InChI=1S/C27H33N3O4/c1-17-11-12-20(29-24(31)18-9-8-10-19(13-18)27(5,6)33-7)14-21(17)22-15-23(34-30-22)25(32)28-16-26(2,3)4/h8-15H,16H2,1-7H3,(H,28,32)(H,29,31). The third-order valence-corrected chi connectivity index (χ3v) is 5.61. The quantitative estimate of drug-likeness (QED) is 0.478. The van der Waals surface area contributed by atoms with Crippen LogP contribution >= 0.6 is 0 Å². The van der Waals surface area contributed by atoms with Gasteiger partial charge in [0, 0.05) is 36.5 Å². The van der Waals surface area contributed by atoms with E-state index in [0.717, 1.165) is 16.7 Å². The molecule has 0 aliphatic rings. The molecule has 7 nitrogen and oxygen atoms in total. The van der Waals surface area contributed by atoms with Crippen LogP contribution in [0.5, 0.6) is 0 Å². The van der Waals surface area contributed by atoms with Gasteiger partial charge in [-0.25, -0.2) is 0 Å². The molecule has 180 valence electrons. The Kier molecular flexibility index (Phi) is 7.26. The maximum Gasteiger partial charge on any atom is 0.289 e. The molecule has 2 N–H and O–H groups in total. The largest absolute Gasteiger partial charge is 0.374 e. The van der Waals surface area contributed by atoms with Crippen molar-refractivity contribution in [1.82, 2.24) is 10.5 Å². The number of hydrogen-bond acceptors (Lipinski definition) is 5. The zero-order valence-corrected chi connectivity index (χ0v) is 20.9. The number of anilines is 1. The summed E-state index contributed by atoms with van der Waals surface area (Å²) in [5.41, 5.74) is 3.75. The Hall–Kier alpha value is -3.45. The van der Waals surface area contributed by atoms with Crippen molar-refractivity contribution in [3.8, 4) is 11.3 Å². The molecule has 3 aromatic rings. The van der Waals surface area contributed by atoms with Gasteiger partial charge in [0.1, 0.15) is 5.69 Å². The number of carbonyl (C=O) groups is 2. The lowest BCUT2D eigenvalue weighted by Crippen LogP contribution is -2.31. The lowest BCUT2D eigenvalue weighted by atomic mass is 9.96. The lowest BCUT2D eigenvalue weighted by Gasteiger charge is -2.23. The molecular formula is C27H33N3O4. The summed E-state index contributed by atoms with van der Waals surface area (Å²) >= 11 is 0. The van der Waals surface area contributed by atoms with Gasteiger partial charge in [0.15, 0.2) is 0 Å². The Morgan fingerprint density at radius 2 is 1.74 bits per heavy atom. The summed E-state index contributed by atoms with van der Waals surface area (Å²) in [6.07, 6.45) is 0. The highest BCUT2D eigenvalue weighted by molar-refractivity contribution is 6.04. The lowest BCUT2D eigenvalue weighted by molar-refractivity contribution is 0.0192. The van der Waals surface area contributed by atoms with Gasteiger partial charge in [-0.15, -0.1) is 0 Å². The zero-order valence-electron chi connectivity index (χ0n) is 20.9. The predicted molar refractivity (Wildman–Crippen MR) is 133 cm³/mol. The second-order valence-corrected chi connectivity index (χ2v) is 10.1. The predicted octanol–water partition coefficient (Wildman–Crippen LogP) is 5.56. The maximum absolute atomic E-state index is 12.9. The number of rotatable bonds is 7. The van der Waals surface area contributed by atoms with Crippen LogP contribution in [0, 0.1) is 12.3 Å². The fraction of sp³-hybridized carbons (Fsp3) is 0.370. The number of aromatic nitrogens is 1. The maximum atomic E-state index is 12.9. The molecule has 7 heteroatoms. The Morgan fingerprint density at radius 3 is 2.41 bits per heavy atom. The zero-order chi connectivity index (χ0) is 25.1. The number of methoxy groups -OCH3 is 1. The summed E-state index contributed by atoms with van der Waals surface area (Å²) in [7, 11) is 1.64. The Bertz CT molecular complexity index is 1190. The number of hydrogen-bond donors (Lipinski definition) is 2. The van der Waals surface area contributed by atoms with Crippen LogP contribution < -0.4 is 10.6 Å². The van der Waals surface area contributed by atoms with Crippen molar-refractivity contribution in [1.29, 1.82) is 0 Å². The minimum Gasteiger partial charge on any atom is -0.374 e. The molecule has 0 atom stereocenters. The summed E-state index contributed by atoms with van der Waals surface area (Å²) < 4.78 is 10.8. The summed E-state index contributed by atoms with van der Waals surface area (Å²) in [5.74, 6) is -0.397. The molecule has 0 bridgehead atoms. The van der Waals surface area contributed by atoms with Gasteiger partial charge >= 0.3 is 0 Å². The van der Waals surface area contributed by atoms with Crippen molar-refractivity contribution in [3.63, 3.8) is 0 Å². The molecular weight excluding hydrogens is 430 g/mol. The molecule has 0 saturated heterocycles. The van der Waals surface area contributed by atoms with Crippen LogP contribution in [0.3, 0.4) is 0 Å². The third kappa shape index (κ3) is 6.11.